The number of carboxylic acids is 1. The maximum Gasteiger partial charge on any atom is 0.408 e. The normalized spacial score (nSPS) is 9.45. The molecule has 2 aromatic rings. The number of aromatic carboxylic acids is 1. The van der Waals surface area contributed by atoms with E-state index in [0.717, 1.165) is 16.9 Å². The number of carboxylic acid groups (broad SMARTS) is 1. The molecule has 0 fully saturated rings. The average Bonchev–Trinajstić information content (AvgIpc) is 3.00. The third-order valence-corrected chi connectivity index (χ3v) is 3.21. The standard InChI is InChI=1S/C15H12N2O4S/c18-14(19)12-10-22-13(17-12)7-4-8-16-15(20)21-9-11-5-2-1-3-6-11/h1-3,5-6,10H,8-9H2,(H,16,20)(H,18,19). The minimum absolute atomic E-state index is 0.0375. The lowest BCUT2D eigenvalue weighted by molar-refractivity contribution is 0.0691. The van der Waals surface area contributed by atoms with Crippen LogP contribution < -0.4 is 5.32 Å². The van der Waals surface area contributed by atoms with E-state index in [1.165, 1.54) is 5.38 Å². The van der Waals surface area contributed by atoms with E-state index in [9.17, 15) is 9.59 Å². The number of nitrogens with one attached hydrogen (secondary N) is 1. The highest BCUT2D eigenvalue weighted by Gasteiger charge is 2.06. The number of amides is 1. The molecule has 0 atom stereocenters. The second-order valence-corrected chi connectivity index (χ2v) is 4.92. The van der Waals surface area contributed by atoms with E-state index in [0.29, 0.717) is 5.01 Å². The van der Waals surface area contributed by atoms with Crippen molar-refractivity contribution in [1.29, 1.82) is 0 Å². The summed E-state index contributed by atoms with van der Waals surface area (Å²) in [6.07, 6.45) is -0.566. The fourth-order valence-corrected chi connectivity index (χ4v) is 2.10. The summed E-state index contributed by atoms with van der Waals surface area (Å²) in [4.78, 5) is 25.9. The van der Waals surface area contributed by atoms with Gasteiger partial charge < -0.3 is 15.2 Å². The third-order valence-electron chi connectivity index (χ3n) is 2.45. The fraction of sp³-hybridized carbons (Fsp3) is 0.133. The molecule has 0 aliphatic rings. The predicted octanol–water partition coefficient (Wildman–Crippen LogP) is 2.12. The van der Waals surface area contributed by atoms with Gasteiger partial charge in [0, 0.05) is 5.38 Å². The highest BCUT2D eigenvalue weighted by Crippen LogP contribution is 2.07. The van der Waals surface area contributed by atoms with Gasteiger partial charge >= 0.3 is 12.1 Å². The molecule has 1 heterocycles. The van der Waals surface area contributed by atoms with E-state index in [1.807, 2.05) is 30.3 Å². The number of carbonyl (C=O) groups excluding carboxylic acids is 1. The number of benzene rings is 1. The summed E-state index contributed by atoms with van der Waals surface area (Å²) in [7, 11) is 0. The molecule has 1 amide bonds. The van der Waals surface area contributed by atoms with Crippen LogP contribution in [0.2, 0.25) is 0 Å². The van der Waals surface area contributed by atoms with Crippen molar-refractivity contribution in [3.63, 3.8) is 0 Å². The summed E-state index contributed by atoms with van der Waals surface area (Å²) in [5.74, 6) is 4.26. The van der Waals surface area contributed by atoms with Crippen LogP contribution in [0.25, 0.3) is 0 Å². The van der Waals surface area contributed by atoms with Crippen molar-refractivity contribution in [3.05, 3.63) is 52.0 Å². The molecule has 0 aliphatic heterocycles. The SMILES string of the molecule is O=C(NCC#Cc1nc(C(=O)O)cs1)OCc1ccccc1. The van der Waals surface area contributed by atoms with E-state index in [1.54, 1.807) is 0 Å². The van der Waals surface area contributed by atoms with Gasteiger partial charge in [0.15, 0.2) is 10.7 Å². The molecule has 2 rings (SSSR count). The number of rotatable bonds is 4. The van der Waals surface area contributed by atoms with Gasteiger partial charge in [0.05, 0.1) is 6.54 Å². The van der Waals surface area contributed by atoms with Gasteiger partial charge in [-0.15, -0.1) is 11.3 Å². The Labute approximate surface area is 130 Å². The highest BCUT2D eigenvalue weighted by molar-refractivity contribution is 7.10. The molecule has 1 aromatic carbocycles. The lowest BCUT2D eigenvalue weighted by atomic mass is 10.2. The zero-order valence-electron chi connectivity index (χ0n) is 11.4. The predicted molar refractivity (Wildman–Crippen MR) is 80.6 cm³/mol. The molecule has 2 N–H and O–H groups in total. The van der Waals surface area contributed by atoms with Crippen LogP contribution in [-0.2, 0) is 11.3 Å². The summed E-state index contributed by atoms with van der Waals surface area (Å²) in [5.41, 5.74) is 0.859. The first-order valence-electron chi connectivity index (χ1n) is 6.27. The molecule has 6 nitrogen and oxygen atoms in total. The molecule has 7 heteroatoms. The Bertz CT molecular complexity index is 716. The van der Waals surface area contributed by atoms with Crippen molar-refractivity contribution in [1.82, 2.24) is 10.3 Å². The lowest BCUT2D eigenvalue weighted by Crippen LogP contribution is -2.24. The Morgan fingerprint density at radius 2 is 2.09 bits per heavy atom. The molecule has 22 heavy (non-hydrogen) atoms. The monoisotopic (exact) mass is 316 g/mol. The summed E-state index contributed by atoms with van der Waals surface area (Å²) < 4.78 is 5.01. The van der Waals surface area contributed by atoms with Gasteiger partial charge in [0.2, 0.25) is 0 Å². The van der Waals surface area contributed by atoms with Gasteiger partial charge in [-0.25, -0.2) is 14.6 Å². The van der Waals surface area contributed by atoms with Crippen LogP contribution in [0.15, 0.2) is 35.7 Å². The Morgan fingerprint density at radius 3 is 2.77 bits per heavy atom. The summed E-state index contributed by atoms with van der Waals surface area (Å²) >= 11 is 1.13. The number of hydrogen-bond donors (Lipinski definition) is 2. The molecule has 0 spiro atoms. The van der Waals surface area contributed by atoms with Gasteiger partial charge in [-0.2, -0.15) is 0 Å². The Morgan fingerprint density at radius 1 is 1.32 bits per heavy atom. The summed E-state index contributed by atoms with van der Waals surface area (Å²) in [6, 6.07) is 9.32. The molecule has 0 unspecified atom stereocenters. The van der Waals surface area contributed by atoms with E-state index >= 15 is 0 Å². The Hall–Kier alpha value is -2.85. The molecule has 0 aliphatic carbocycles. The van der Waals surface area contributed by atoms with Crippen LogP contribution in [0.5, 0.6) is 0 Å². The maximum atomic E-state index is 11.4. The number of nitrogens with zero attached hydrogens (tertiary/aromatic N) is 1. The fourth-order valence-electron chi connectivity index (χ4n) is 1.44. The zero-order valence-corrected chi connectivity index (χ0v) is 12.2. The average molecular weight is 316 g/mol. The number of carbonyl (C=O) groups is 2. The van der Waals surface area contributed by atoms with Crippen LogP contribution >= 0.6 is 11.3 Å². The van der Waals surface area contributed by atoms with Gasteiger partial charge in [-0.3, -0.25) is 0 Å². The Balaban J connectivity index is 1.73. The van der Waals surface area contributed by atoms with Crippen LogP contribution in [0.1, 0.15) is 21.1 Å². The van der Waals surface area contributed by atoms with Gasteiger partial charge in [0.1, 0.15) is 6.61 Å². The van der Waals surface area contributed by atoms with Crippen molar-refractivity contribution in [2.45, 2.75) is 6.61 Å². The first-order valence-corrected chi connectivity index (χ1v) is 7.15. The first kappa shape index (κ1) is 15.5. The van der Waals surface area contributed by atoms with Crippen molar-refractivity contribution in [2.75, 3.05) is 6.54 Å². The largest absolute Gasteiger partial charge is 0.476 e. The minimum Gasteiger partial charge on any atom is -0.476 e. The number of aromatic nitrogens is 1. The minimum atomic E-state index is -1.09. The smallest absolute Gasteiger partial charge is 0.408 e. The van der Waals surface area contributed by atoms with Crippen LogP contribution in [0.3, 0.4) is 0 Å². The molecule has 0 bridgehead atoms. The molecule has 112 valence electrons. The number of hydrogen-bond acceptors (Lipinski definition) is 5. The summed E-state index contributed by atoms with van der Waals surface area (Å²) in [6.45, 7) is 0.282. The second kappa shape index (κ2) is 7.81. The van der Waals surface area contributed by atoms with Crippen molar-refractivity contribution in [3.8, 4) is 11.8 Å². The number of ether oxygens (including phenoxy) is 1. The van der Waals surface area contributed by atoms with Crippen molar-refractivity contribution in [2.24, 2.45) is 0 Å². The van der Waals surface area contributed by atoms with E-state index in [-0.39, 0.29) is 18.8 Å². The molecular formula is C15H12N2O4S. The van der Waals surface area contributed by atoms with E-state index in [2.05, 4.69) is 22.1 Å². The van der Waals surface area contributed by atoms with Crippen molar-refractivity contribution < 1.29 is 19.4 Å². The third kappa shape index (κ3) is 4.92. The lowest BCUT2D eigenvalue weighted by Gasteiger charge is -2.04. The van der Waals surface area contributed by atoms with Gasteiger partial charge in [-0.05, 0) is 11.5 Å². The van der Waals surface area contributed by atoms with Crippen LogP contribution in [0, 0.1) is 11.8 Å². The van der Waals surface area contributed by atoms with Gasteiger partial charge in [0.25, 0.3) is 0 Å². The van der Waals surface area contributed by atoms with Crippen LogP contribution in [-0.4, -0.2) is 28.7 Å². The van der Waals surface area contributed by atoms with Crippen LogP contribution in [0.4, 0.5) is 4.79 Å². The second-order valence-electron chi connectivity index (χ2n) is 4.06. The number of alkyl carbamates (subject to hydrolysis) is 1. The number of thiazole rings is 1. The first-order chi connectivity index (χ1) is 10.6. The Kier molecular flexibility index (Phi) is 5.51. The highest BCUT2D eigenvalue weighted by atomic mass is 32.1. The molecule has 0 saturated carbocycles. The van der Waals surface area contributed by atoms with Gasteiger partial charge in [-0.1, -0.05) is 36.3 Å². The zero-order chi connectivity index (χ0) is 15.8. The molecule has 0 radical (unpaired) electrons. The topological polar surface area (TPSA) is 88.5 Å². The molecular weight excluding hydrogens is 304 g/mol. The molecule has 1 aromatic heterocycles. The quantitative estimate of drug-likeness (QED) is 0.844. The van der Waals surface area contributed by atoms with E-state index < -0.39 is 12.1 Å². The van der Waals surface area contributed by atoms with Crippen molar-refractivity contribution >= 4 is 23.4 Å². The summed E-state index contributed by atoms with van der Waals surface area (Å²) in [5, 5.41) is 13.0. The molecule has 0 saturated heterocycles. The van der Waals surface area contributed by atoms with E-state index in [4.69, 9.17) is 9.84 Å². The maximum absolute atomic E-state index is 11.4.